The predicted molar refractivity (Wildman–Crippen MR) is 53.1 cm³/mol. The van der Waals surface area contributed by atoms with Crippen LogP contribution in [0.4, 0.5) is 0 Å². The fourth-order valence-corrected chi connectivity index (χ4v) is 1.40. The predicted octanol–water partition coefficient (Wildman–Crippen LogP) is 1.32. The van der Waals surface area contributed by atoms with Gasteiger partial charge in [0.2, 0.25) is 0 Å². The molecule has 0 radical (unpaired) electrons. The van der Waals surface area contributed by atoms with Crippen LogP contribution in [0.5, 0.6) is 0 Å². The molecular formula is C10H11ClO3. The number of carbonyl (C=O) groups excluding carboxylic acids is 1. The smallest absolute Gasteiger partial charge is 0.161 e. The average Bonchev–Trinajstić information content (AvgIpc) is 2.18. The van der Waals surface area contributed by atoms with E-state index >= 15 is 0 Å². The second kappa shape index (κ2) is 5.10. The summed E-state index contributed by atoms with van der Waals surface area (Å²) >= 11 is 5.81. The van der Waals surface area contributed by atoms with Gasteiger partial charge in [-0.2, -0.15) is 0 Å². The number of benzene rings is 1. The summed E-state index contributed by atoms with van der Waals surface area (Å²) in [7, 11) is 0. The quantitative estimate of drug-likeness (QED) is 0.795. The molecule has 1 aromatic rings. The average molecular weight is 215 g/mol. The molecule has 0 amide bonds. The number of rotatable bonds is 4. The lowest BCUT2D eigenvalue weighted by atomic mass is 10.0. The fourth-order valence-electron chi connectivity index (χ4n) is 1.14. The first kappa shape index (κ1) is 11.2. The zero-order chi connectivity index (χ0) is 10.6. The number of aliphatic hydroxyl groups is 2. The summed E-state index contributed by atoms with van der Waals surface area (Å²) in [6.45, 7) is -0.554. The molecule has 0 saturated carbocycles. The summed E-state index contributed by atoms with van der Waals surface area (Å²) in [6.07, 6.45) is -1.05. The molecule has 0 bridgehead atoms. The van der Waals surface area contributed by atoms with Crippen LogP contribution < -0.4 is 0 Å². The molecule has 1 rings (SSSR count). The first-order chi connectivity index (χ1) is 6.65. The van der Waals surface area contributed by atoms with Crippen molar-refractivity contribution in [2.45, 2.75) is 12.5 Å². The van der Waals surface area contributed by atoms with Crippen LogP contribution in [0.25, 0.3) is 0 Å². The van der Waals surface area contributed by atoms with Crippen molar-refractivity contribution in [3.8, 4) is 0 Å². The maximum Gasteiger partial charge on any atom is 0.161 e. The number of halogens is 1. The van der Waals surface area contributed by atoms with Crippen molar-refractivity contribution in [1.82, 2.24) is 0 Å². The second-order valence-electron chi connectivity index (χ2n) is 2.94. The van der Waals surface area contributed by atoms with Crippen molar-refractivity contribution in [2.75, 3.05) is 6.61 Å². The Balaban J connectivity index is 2.74. The number of hydrogen-bond donors (Lipinski definition) is 2. The number of carbonyl (C=O) groups is 1. The molecule has 0 spiro atoms. The first-order valence-corrected chi connectivity index (χ1v) is 4.58. The molecule has 14 heavy (non-hydrogen) atoms. The van der Waals surface area contributed by atoms with E-state index in [2.05, 4.69) is 0 Å². The lowest BCUT2D eigenvalue weighted by Crippen LogP contribution is -2.10. The Kier molecular flexibility index (Phi) is 4.07. The molecule has 0 heterocycles. The molecular weight excluding hydrogens is 204 g/mol. The van der Waals surface area contributed by atoms with Crippen LogP contribution in [0.3, 0.4) is 0 Å². The summed E-state index contributed by atoms with van der Waals surface area (Å²) in [4.78, 5) is 10.9. The third-order valence-corrected chi connectivity index (χ3v) is 2.21. The maximum absolute atomic E-state index is 10.9. The van der Waals surface area contributed by atoms with E-state index in [0.717, 1.165) is 0 Å². The van der Waals surface area contributed by atoms with E-state index in [1.165, 1.54) is 0 Å². The normalized spacial score (nSPS) is 12.5. The van der Waals surface area contributed by atoms with Crippen molar-refractivity contribution in [2.24, 2.45) is 0 Å². The van der Waals surface area contributed by atoms with Gasteiger partial charge in [-0.25, -0.2) is 0 Å². The lowest BCUT2D eigenvalue weighted by Gasteiger charge is -2.10. The lowest BCUT2D eigenvalue weighted by molar-refractivity contribution is -0.123. The number of aliphatic hydroxyl groups excluding tert-OH is 2. The number of hydrogen-bond acceptors (Lipinski definition) is 3. The summed E-state index contributed by atoms with van der Waals surface area (Å²) in [5.41, 5.74) is 0.510. The van der Waals surface area contributed by atoms with Gasteiger partial charge in [0.15, 0.2) is 5.78 Å². The Hall–Kier alpha value is -0.900. The zero-order valence-electron chi connectivity index (χ0n) is 7.48. The zero-order valence-corrected chi connectivity index (χ0v) is 8.24. The van der Waals surface area contributed by atoms with Gasteiger partial charge in [-0.3, -0.25) is 4.79 Å². The van der Waals surface area contributed by atoms with E-state index in [1.807, 2.05) is 0 Å². The number of ketones is 1. The molecule has 0 aliphatic carbocycles. The number of Topliss-reactive ketones (excluding diaryl/α,β-unsaturated/α-hetero) is 1. The van der Waals surface area contributed by atoms with Gasteiger partial charge in [0.1, 0.15) is 6.61 Å². The van der Waals surface area contributed by atoms with Gasteiger partial charge in [0.05, 0.1) is 6.10 Å². The van der Waals surface area contributed by atoms with Crippen molar-refractivity contribution < 1.29 is 15.0 Å². The highest BCUT2D eigenvalue weighted by molar-refractivity contribution is 6.31. The van der Waals surface area contributed by atoms with Crippen molar-refractivity contribution in [1.29, 1.82) is 0 Å². The molecule has 4 heteroatoms. The Labute approximate surface area is 86.9 Å². The van der Waals surface area contributed by atoms with Crippen LogP contribution in [0.2, 0.25) is 5.02 Å². The largest absolute Gasteiger partial charge is 0.389 e. The standard InChI is InChI=1S/C10H11ClO3/c11-9-4-2-1-3-8(9)10(14)5-7(13)6-12/h1-4,10,12,14H,5-6H2/t10-/m1/s1. The van der Waals surface area contributed by atoms with Crippen LogP contribution >= 0.6 is 11.6 Å². The minimum absolute atomic E-state index is 0.111. The SMILES string of the molecule is O=C(CO)C[C@@H](O)c1ccccc1Cl. The van der Waals surface area contributed by atoms with E-state index in [4.69, 9.17) is 16.7 Å². The second-order valence-corrected chi connectivity index (χ2v) is 3.35. The molecule has 76 valence electrons. The van der Waals surface area contributed by atoms with Crippen LogP contribution in [0.15, 0.2) is 24.3 Å². The Morgan fingerprint density at radius 1 is 1.43 bits per heavy atom. The molecule has 0 aliphatic heterocycles. The molecule has 1 atom stereocenters. The third-order valence-electron chi connectivity index (χ3n) is 1.86. The summed E-state index contributed by atoms with van der Waals surface area (Å²) in [5, 5.41) is 18.5. The highest BCUT2D eigenvalue weighted by atomic mass is 35.5. The minimum Gasteiger partial charge on any atom is -0.389 e. The molecule has 0 saturated heterocycles. The van der Waals surface area contributed by atoms with Crippen molar-refractivity contribution in [3.63, 3.8) is 0 Å². The Bertz CT molecular complexity index is 325. The van der Waals surface area contributed by atoms with E-state index < -0.39 is 18.5 Å². The molecule has 0 aliphatic rings. The Morgan fingerprint density at radius 2 is 2.07 bits per heavy atom. The van der Waals surface area contributed by atoms with Crippen LogP contribution in [0, 0.1) is 0 Å². The van der Waals surface area contributed by atoms with Crippen molar-refractivity contribution >= 4 is 17.4 Å². The Morgan fingerprint density at radius 3 is 2.64 bits per heavy atom. The van der Waals surface area contributed by atoms with Gasteiger partial charge in [-0.15, -0.1) is 0 Å². The third kappa shape index (κ3) is 2.80. The van der Waals surface area contributed by atoms with Gasteiger partial charge in [-0.05, 0) is 11.6 Å². The molecule has 0 unspecified atom stereocenters. The van der Waals surface area contributed by atoms with E-state index in [0.29, 0.717) is 10.6 Å². The monoisotopic (exact) mass is 214 g/mol. The fraction of sp³-hybridized carbons (Fsp3) is 0.300. The summed E-state index contributed by atoms with van der Waals surface area (Å²) in [5.74, 6) is -0.405. The molecule has 2 N–H and O–H groups in total. The first-order valence-electron chi connectivity index (χ1n) is 4.20. The molecule has 0 aromatic heterocycles. The summed E-state index contributed by atoms with van der Waals surface area (Å²) < 4.78 is 0. The summed E-state index contributed by atoms with van der Waals surface area (Å²) in [6, 6.07) is 6.77. The maximum atomic E-state index is 10.9. The molecule has 0 fully saturated rings. The molecule has 3 nitrogen and oxygen atoms in total. The van der Waals surface area contributed by atoms with E-state index in [1.54, 1.807) is 24.3 Å². The van der Waals surface area contributed by atoms with Gasteiger partial charge in [0.25, 0.3) is 0 Å². The molecule has 1 aromatic carbocycles. The highest BCUT2D eigenvalue weighted by Crippen LogP contribution is 2.24. The van der Waals surface area contributed by atoms with Gasteiger partial charge >= 0.3 is 0 Å². The minimum atomic E-state index is -0.941. The van der Waals surface area contributed by atoms with Crippen LogP contribution in [0.1, 0.15) is 18.1 Å². The van der Waals surface area contributed by atoms with Crippen LogP contribution in [-0.4, -0.2) is 22.6 Å². The highest BCUT2D eigenvalue weighted by Gasteiger charge is 2.14. The van der Waals surface area contributed by atoms with E-state index in [9.17, 15) is 9.90 Å². The van der Waals surface area contributed by atoms with Gasteiger partial charge < -0.3 is 10.2 Å². The van der Waals surface area contributed by atoms with Crippen LogP contribution in [-0.2, 0) is 4.79 Å². The van der Waals surface area contributed by atoms with Gasteiger partial charge in [0, 0.05) is 11.4 Å². The topological polar surface area (TPSA) is 57.5 Å². The van der Waals surface area contributed by atoms with E-state index in [-0.39, 0.29) is 6.42 Å². The van der Waals surface area contributed by atoms with Crippen molar-refractivity contribution in [3.05, 3.63) is 34.9 Å². The van der Waals surface area contributed by atoms with Gasteiger partial charge in [-0.1, -0.05) is 29.8 Å².